The minimum atomic E-state index is 0.487. The van der Waals surface area contributed by atoms with Crippen LogP contribution in [-0.2, 0) is 6.54 Å². The number of piperidine rings is 1. The van der Waals surface area contributed by atoms with Crippen LogP contribution >= 0.6 is 11.6 Å². The van der Waals surface area contributed by atoms with E-state index in [1.54, 1.807) is 7.11 Å². The summed E-state index contributed by atoms with van der Waals surface area (Å²) in [6, 6.07) is 6.24. The Bertz CT molecular complexity index is 613. The molecule has 1 aliphatic rings. The van der Waals surface area contributed by atoms with Crippen LogP contribution in [0.1, 0.15) is 38.7 Å². The molecule has 0 bridgehead atoms. The van der Waals surface area contributed by atoms with E-state index in [0.29, 0.717) is 6.54 Å². The quantitative estimate of drug-likeness (QED) is 0.823. The Kier molecular flexibility index (Phi) is 9.50. The highest BCUT2D eigenvalue weighted by Gasteiger charge is 2.16. The van der Waals surface area contributed by atoms with Gasteiger partial charge in [-0.1, -0.05) is 13.8 Å². The van der Waals surface area contributed by atoms with E-state index in [-0.39, 0.29) is 0 Å². The maximum atomic E-state index is 5.79. The predicted octanol–water partition coefficient (Wildman–Crippen LogP) is 4.57. The van der Waals surface area contributed by atoms with Gasteiger partial charge in [0.05, 0.1) is 7.11 Å². The van der Waals surface area contributed by atoms with Crippen molar-refractivity contribution in [2.75, 3.05) is 31.5 Å². The van der Waals surface area contributed by atoms with Gasteiger partial charge in [0.25, 0.3) is 0 Å². The summed E-state index contributed by atoms with van der Waals surface area (Å²) in [6.07, 6.45) is 7.17. The lowest BCUT2D eigenvalue weighted by molar-refractivity contribution is 0.410. The third kappa shape index (κ3) is 4.74. The summed E-state index contributed by atoms with van der Waals surface area (Å²) in [7, 11) is 1.69. The van der Waals surface area contributed by atoms with Crippen molar-refractivity contribution in [1.82, 2.24) is 4.98 Å². The van der Waals surface area contributed by atoms with E-state index in [0.717, 1.165) is 35.6 Å². The molecule has 1 aliphatic heterocycles. The van der Waals surface area contributed by atoms with E-state index in [9.17, 15) is 0 Å². The van der Waals surface area contributed by atoms with Crippen molar-refractivity contribution >= 4 is 28.2 Å². The second kappa shape index (κ2) is 11.1. The Balaban J connectivity index is 0.000000671. The molecular formula is C19H30ClN3O. The monoisotopic (exact) mass is 351 g/mol. The number of nitrogens with two attached hydrogens (primary N) is 1. The topological polar surface area (TPSA) is 51.4 Å². The van der Waals surface area contributed by atoms with Crippen LogP contribution in [0.3, 0.4) is 0 Å². The number of hydrogen-bond acceptors (Lipinski definition) is 4. The van der Waals surface area contributed by atoms with Gasteiger partial charge in [0.15, 0.2) is 0 Å². The first-order valence-corrected chi connectivity index (χ1v) is 9.37. The Morgan fingerprint density at radius 3 is 2.42 bits per heavy atom. The Morgan fingerprint density at radius 2 is 1.83 bits per heavy atom. The first-order valence-electron chi connectivity index (χ1n) is 8.62. The average Bonchev–Trinajstić information content (AvgIpc) is 2.70. The SMILES string of the molecule is CC.CCl.COc1cc2c(N3CCCCC3)nccc2cc1CN. The van der Waals surface area contributed by atoms with Gasteiger partial charge in [-0.05, 0) is 42.8 Å². The minimum absolute atomic E-state index is 0.487. The molecule has 0 aliphatic carbocycles. The third-order valence-corrected chi connectivity index (χ3v) is 4.02. The maximum absolute atomic E-state index is 5.79. The molecule has 0 amide bonds. The van der Waals surface area contributed by atoms with Crippen molar-refractivity contribution in [3.05, 3.63) is 30.0 Å². The normalized spacial score (nSPS) is 13.5. The zero-order chi connectivity index (χ0) is 17.9. The van der Waals surface area contributed by atoms with Gasteiger partial charge in [0.2, 0.25) is 0 Å². The molecule has 1 aromatic carbocycles. The van der Waals surface area contributed by atoms with E-state index < -0.39 is 0 Å². The van der Waals surface area contributed by atoms with E-state index in [4.69, 9.17) is 10.5 Å². The average molecular weight is 352 g/mol. The molecule has 2 aromatic rings. The van der Waals surface area contributed by atoms with Crippen molar-refractivity contribution in [3.8, 4) is 5.75 Å². The molecule has 0 spiro atoms. The van der Waals surface area contributed by atoms with Gasteiger partial charge < -0.3 is 15.4 Å². The largest absolute Gasteiger partial charge is 0.496 e. The minimum Gasteiger partial charge on any atom is -0.496 e. The van der Waals surface area contributed by atoms with Gasteiger partial charge in [-0.15, -0.1) is 11.6 Å². The van der Waals surface area contributed by atoms with Crippen molar-refractivity contribution in [2.24, 2.45) is 5.73 Å². The van der Waals surface area contributed by atoms with Crippen molar-refractivity contribution in [1.29, 1.82) is 0 Å². The van der Waals surface area contributed by atoms with Gasteiger partial charge in [-0.3, -0.25) is 0 Å². The number of alkyl halides is 1. The number of nitrogens with zero attached hydrogens (tertiary/aromatic N) is 2. The standard InChI is InChI=1S/C16H21N3O.C2H6.CH3Cl/c1-20-15-10-14-12(9-13(15)11-17)5-6-18-16(14)19-7-3-2-4-8-19;2*1-2/h5-6,9-10H,2-4,7-8,11,17H2,1H3;1-2H3;1H3. The summed E-state index contributed by atoms with van der Waals surface area (Å²) in [5.74, 6) is 1.93. The molecule has 0 radical (unpaired) electrons. The van der Waals surface area contributed by atoms with Crippen LogP contribution < -0.4 is 15.4 Å². The number of anilines is 1. The van der Waals surface area contributed by atoms with Crippen LogP contribution in [-0.4, -0.2) is 31.6 Å². The van der Waals surface area contributed by atoms with Crippen LogP contribution in [0.25, 0.3) is 10.8 Å². The molecule has 0 unspecified atom stereocenters. The first-order chi connectivity index (χ1) is 11.8. The fourth-order valence-corrected chi connectivity index (χ4v) is 2.94. The molecule has 4 nitrogen and oxygen atoms in total. The number of methoxy groups -OCH3 is 1. The number of ether oxygens (including phenoxy) is 1. The number of fused-ring (bicyclic) bond motifs is 1. The lowest BCUT2D eigenvalue weighted by Crippen LogP contribution is -2.30. The molecular weight excluding hydrogens is 322 g/mol. The van der Waals surface area contributed by atoms with E-state index in [1.807, 2.05) is 26.1 Å². The van der Waals surface area contributed by atoms with Gasteiger partial charge in [-0.25, -0.2) is 4.98 Å². The first kappa shape index (κ1) is 20.5. The summed E-state index contributed by atoms with van der Waals surface area (Å²) in [5.41, 5.74) is 6.83. The molecule has 0 saturated carbocycles. The Morgan fingerprint density at radius 1 is 1.17 bits per heavy atom. The number of aromatic nitrogens is 1. The van der Waals surface area contributed by atoms with E-state index in [2.05, 4.69) is 33.6 Å². The number of benzene rings is 1. The molecule has 134 valence electrons. The molecule has 2 N–H and O–H groups in total. The lowest BCUT2D eigenvalue weighted by Gasteiger charge is -2.28. The van der Waals surface area contributed by atoms with Crippen molar-refractivity contribution in [3.63, 3.8) is 0 Å². The van der Waals surface area contributed by atoms with Crippen LogP contribution in [0, 0.1) is 0 Å². The molecule has 1 fully saturated rings. The molecule has 0 atom stereocenters. The smallest absolute Gasteiger partial charge is 0.136 e. The van der Waals surface area contributed by atoms with E-state index in [1.165, 1.54) is 31.0 Å². The predicted molar refractivity (Wildman–Crippen MR) is 105 cm³/mol. The molecule has 24 heavy (non-hydrogen) atoms. The van der Waals surface area contributed by atoms with Gasteiger partial charge in [-0.2, -0.15) is 0 Å². The van der Waals surface area contributed by atoms with Gasteiger partial charge in [0, 0.05) is 43.2 Å². The lowest BCUT2D eigenvalue weighted by atomic mass is 10.1. The fraction of sp³-hybridized carbons (Fsp3) is 0.526. The van der Waals surface area contributed by atoms with Crippen LogP contribution in [0.4, 0.5) is 5.82 Å². The van der Waals surface area contributed by atoms with Crippen molar-refractivity contribution < 1.29 is 4.74 Å². The highest BCUT2D eigenvalue weighted by atomic mass is 35.5. The highest BCUT2D eigenvalue weighted by molar-refractivity contribution is 6.15. The molecule has 3 rings (SSSR count). The second-order valence-corrected chi connectivity index (χ2v) is 5.27. The molecule has 5 heteroatoms. The number of halogens is 1. The second-order valence-electron chi connectivity index (χ2n) is 5.27. The molecule has 1 aromatic heterocycles. The molecule has 1 saturated heterocycles. The summed E-state index contributed by atoms with van der Waals surface area (Å²) in [5, 5.41) is 2.34. The zero-order valence-corrected chi connectivity index (χ0v) is 16.1. The fourth-order valence-electron chi connectivity index (χ4n) is 2.94. The number of pyridine rings is 1. The van der Waals surface area contributed by atoms with Gasteiger partial charge in [0.1, 0.15) is 11.6 Å². The summed E-state index contributed by atoms with van der Waals surface area (Å²) >= 11 is 4.64. The highest BCUT2D eigenvalue weighted by Crippen LogP contribution is 2.32. The van der Waals surface area contributed by atoms with Crippen LogP contribution in [0.2, 0.25) is 0 Å². The van der Waals surface area contributed by atoms with Crippen LogP contribution in [0.15, 0.2) is 24.4 Å². The number of rotatable bonds is 3. The molecule has 2 heterocycles. The zero-order valence-electron chi connectivity index (χ0n) is 15.3. The van der Waals surface area contributed by atoms with Gasteiger partial charge >= 0.3 is 0 Å². The summed E-state index contributed by atoms with van der Waals surface area (Å²) in [4.78, 5) is 6.98. The Labute approximate surface area is 151 Å². The Hall–Kier alpha value is -1.52. The van der Waals surface area contributed by atoms with Crippen molar-refractivity contribution in [2.45, 2.75) is 39.7 Å². The summed E-state index contributed by atoms with van der Waals surface area (Å²) in [6.45, 7) is 6.67. The summed E-state index contributed by atoms with van der Waals surface area (Å²) < 4.78 is 5.46. The maximum Gasteiger partial charge on any atom is 0.136 e. The van der Waals surface area contributed by atoms with Crippen LogP contribution in [0.5, 0.6) is 5.75 Å². The third-order valence-electron chi connectivity index (χ3n) is 4.02. The van der Waals surface area contributed by atoms with E-state index >= 15 is 0 Å². The number of hydrogen-bond donors (Lipinski definition) is 1.